The lowest BCUT2D eigenvalue weighted by atomic mass is 9.96. The Morgan fingerprint density at radius 3 is 2.61 bits per heavy atom. The first-order valence-electron chi connectivity index (χ1n) is 6.18. The van der Waals surface area contributed by atoms with Gasteiger partial charge in [-0.1, -0.05) is 19.1 Å². The first kappa shape index (κ1) is 12.5. The summed E-state index contributed by atoms with van der Waals surface area (Å²) in [5, 5.41) is 0. The summed E-state index contributed by atoms with van der Waals surface area (Å²) in [6.45, 7) is 6.11. The van der Waals surface area contributed by atoms with E-state index in [2.05, 4.69) is 4.98 Å². The molecule has 1 aromatic heterocycles. The highest BCUT2D eigenvalue weighted by Gasteiger charge is 2.13. The van der Waals surface area contributed by atoms with Crippen LogP contribution in [0.15, 0.2) is 36.7 Å². The zero-order valence-corrected chi connectivity index (χ0v) is 11.0. The molecule has 0 aliphatic rings. The molecule has 18 heavy (non-hydrogen) atoms. The number of carbonyl (C=O) groups excluding carboxylic acids is 1. The van der Waals surface area contributed by atoms with Gasteiger partial charge in [-0.25, -0.2) is 0 Å². The second-order valence-electron chi connectivity index (χ2n) is 4.51. The number of nitrogens with zero attached hydrogens (tertiary/aromatic N) is 1. The van der Waals surface area contributed by atoms with E-state index in [1.165, 1.54) is 5.56 Å². The van der Waals surface area contributed by atoms with Crippen molar-refractivity contribution in [2.75, 3.05) is 0 Å². The standard InChI is InChI=1S/C16H17NO/c1-4-13-10-17-8-7-15(13)16(18)14-6-5-11(2)12(3)9-14/h5-10H,4H2,1-3H3. The van der Waals surface area contributed by atoms with E-state index in [0.717, 1.165) is 28.7 Å². The summed E-state index contributed by atoms with van der Waals surface area (Å²) in [4.78, 5) is 16.5. The minimum atomic E-state index is 0.0809. The number of aryl methyl sites for hydroxylation is 3. The third kappa shape index (κ3) is 2.33. The van der Waals surface area contributed by atoms with E-state index in [1.807, 2.05) is 39.0 Å². The minimum absolute atomic E-state index is 0.0809. The van der Waals surface area contributed by atoms with E-state index < -0.39 is 0 Å². The summed E-state index contributed by atoms with van der Waals surface area (Å²) in [7, 11) is 0. The van der Waals surface area contributed by atoms with Gasteiger partial charge in [0.25, 0.3) is 0 Å². The maximum atomic E-state index is 12.5. The molecule has 0 saturated carbocycles. The lowest BCUT2D eigenvalue weighted by Gasteiger charge is -2.08. The number of hydrogen-bond acceptors (Lipinski definition) is 2. The van der Waals surface area contributed by atoms with Gasteiger partial charge in [0.15, 0.2) is 5.78 Å². The van der Waals surface area contributed by atoms with Gasteiger partial charge in [0.1, 0.15) is 0 Å². The number of aromatic nitrogens is 1. The van der Waals surface area contributed by atoms with Crippen LogP contribution < -0.4 is 0 Å². The zero-order valence-electron chi connectivity index (χ0n) is 11.0. The first-order chi connectivity index (χ1) is 8.63. The van der Waals surface area contributed by atoms with Gasteiger partial charge in [-0.3, -0.25) is 9.78 Å². The smallest absolute Gasteiger partial charge is 0.193 e. The Hall–Kier alpha value is -1.96. The second kappa shape index (κ2) is 5.13. The van der Waals surface area contributed by atoms with Gasteiger partial charge in [0.2, 0.25) is 0 Å². The normalized spacial score (nSPS) is 10.4. The number of benzene rings is 1. The van der Waals surface area contributed by atoms with Crippen molar-refractivity contribution >= 4 is 5.78 Å². The second-order valence-corrected chi connectivity index (χ2v) is 4.51. The van der Waals surface area contributed by atoms with E-state index >= 15 is 0 Å². The number of carbonyl (C=O) groups is 1. The van der Waals surface area contributed by atoms with Crippen molar-refractivity contribution in [1.29, 1.82) is 0 Å². The maximum absolute atomic E-state index is 12.5. The Morgan fingerprint density at radius 2 is 1.94 bits per heavy atom. The average Bonchev–Trinajstić information content (AvgIpc) is 2.41. The molecule has 0 spiro atoms. The van der Waals surface area contributed by atoms with Crippen LogP contribution in [0, 0.1) is 13.8 Å². The van der Waals surface area contributed by atoms with Crippen LogP contribution in [0.4, 0.5) is 0 Å². The van der Waals surface area contributed by atoms with Crippen LogP contribution in [0.1, 0.15) is 39.5 Å². The molecule has 0 aliphatic carbocycles. The molecule has 0 saturated heterocycles. The highest BCUT2D eigenvalue weighted by atomic mass is 16.1. The Morgan fingerprint density at radius 1 is 1.17 bits per heavy atom. The fraction of sp³-hybridized carbons (Fsp3) is 0.250. The molecule has 2 rings (SSSR count). The van der Waals surface area contributed by atoms with Gasteiger partial charge < -0.3 is 0 Å². The van der Waals surface area contributed by atoms with Crippen LogP contribution in [-0.4, -0.2) is 10.8 Å². The Labute approximate surface area is 108 Å². The topological polar surface area (TPSA) is 30.0 Å². The summed E-state index contributed by atoms with van der Waals surface area (Å²) in [6.07, 6.45) is 4.27. The molecule has 0 radical (unpaired) electrons. The van der Waals surface area contributed by atoms with E-state index in [0.29, 0.717) is 0 Å². The van der Waals surface area contributed by atoms with Crippen molar-refractivity contribution in [2.45, 2.75) is 27.2 Å². The molecular formula is C16H17NO. The van der Waals surface area contributed by atoms with Gasteiger partial charge in [-0.05, 0) is 49.1 Å². The molecule has 2 nitrogen and oxygen atoms in total. The highest BCUT2D eigenvalue weighted by Crippen LogP contribution is 2.17. The summed E-state index contributed by atoms with van der Waals surface area (Å²) < 4.78 is 0. The molecular weight excluding hydrogens is 222 g/mol. The van der Waals surface area contributed by atoms with Crippen molar-refractivity contribution in [2.24, 2.45) is 0 Å². The van der Waals surface area contributed by atoms with Gasteiger partial charge in [0, 0.05) is 23.5 Å². The van der Waals surface area contributed by atoms with E-state index in [-0.39, 0.29) is 5.78 Å². The van der Waals surface area contributed by atoms with E-state index in [4.69, 9.17) is 0 Å². The lowest BCUT2D eigenvalue weighted by Crippen LogP contribution is -2.06. The van der Waals surface area contributed by atoms with Gasteiger partial charge >= 0.3 is 0 Å². The molecule has 0 fully saturated rings. The molecule has 92 valence electrons. The van der Waals surface area contributed by atoms with Crippen LogP contribution in [0.5, 0.6) is 0 Å². The summed E-state index contributed by atoms with van der Waals surface area (Å²) in [5.74, 6) is 0.0809. The van der Waals surface area contributed by atoms with Gasteiger partial charge in [-0.2, -0.15) is 0 Å². The van der Waals surface area contributed by atoms with Crippen LogP contribution in [0.25, 0.3) is 0 Å². The van der Waals surface area contributed by atoms with Crippen LogP contribution in [0.3, 0.4) is 0 Å². The molecule has 2 aromatic rings. The third-order valence-corrected chi connectivity index (χ3v) is 3.30. The van der Waals surface area contributed by atoms with E-state index in [9.17, 15) is 4.79 Å². The molecule has 1 heterocycles. The highest BCUT2D eigenvalue weighted by molar-refractivity contribution is 6.09. The third-order valence-electron chi connectivity index (χ3n) is 3.30. The predicted octanol–water partition coefficient (Wildman–Crippen LogP) is 3.49. The van der Waals surface area contributed by atoms with Crippen molar-refractivity contribution in [3.63, 3.8) is 0 Å². The molecule has 0 aliphatic heterocycles. The monoisotopic (exact) mass is 239 g/mol. The van der Waals surface area contributed by atoms with Crippen LogP contribution in [0.2, 0.25) is 0 Å². The summed E-state index contributed by atoms with van der Waals surface area (Å²) in [5.41, 5.74) is 4.86. The predicted molar refractivity (Wildman–Crippen MR) is 73.0 cm³/mol. The zero-order chi connectivity index (χ0) is 13.1. The van der Waals surface area contributed by atoms with Gasteiger partial charge in [0.05, 0.1) is 0 Å². The molecule has 0 unspecified atom stereocenters. The summed E-state index contributed by atoms with van der Waals surface area (Å²) in [6, 6.07) is 7.65. The Balaban J connectivity index is 2.44. The molecule has 0 N–H and O–H groups in total. The van der Waals surface area contributed by atoms with Crippen molar-refractivity contribution in [3.05, 3.63) is 64.5 Å². The minimum Gasteiger partial charge on any atom is -0.289 e. The molecule has 0 atom stereocenters. The quantitative estimate of drug-likeness (QED) is 0.767. The first-order valence-corrected chi connectivity index (χ1v) is 6.18. The fourth-order valence-corrected chi connectivity index (χ4v) is 1.97. The number of rotatable bonds is 3. The summed E-state index contributed by atoms with van der Waals surface area (Å²) >= 11 is 0. The number of pyridine rings is 1. The maximum Gasteiger partial charge on any atom is 0.193 e. The Bertz CT molecular complexity index is 587. The number of hydrogen-bond donors (Lipinski definition) is 0. The fourth-order valence-electron chi connectivity index (χ4n) is 1.97. The van der Waals surface area contributed by atoms with Crippen molar-refractivity contribution < 1.29 is 4.79 Å². The van der Waals surface area contributed by atoms with Gasteiger partial charge in [-0.15, -0.1) is 0 Å². The molecule has 1 aromatic carbocycles. The molecule has 0 bridgehead atoms. The van der Waals surface area contributed by atoms with Crippen LogP contribution >= 0.6 is 0 Å². The lowest BCUT2D eigenvalue weighted by molar-refractivity contribution is 0.103. The average molecular weight is 239 g/mol. The molecule has 2 heteroatoms. The van der Waals surface area contributed by atoms with Crippen molar-refractivity contribution in [1.82, 2.24) is 4.98 Å². The van der Waals surface area contributed by atoms with Crippen LogP contribution in [-0.2, 0) is 6.42 Å². The SMILES string of the molecule is CCc1cnccc1C(=O)c1ccc(C)c(C)c1. The number of ketones is 1. The van der Waals surface area contributed by atoms with Crippen molar-refractivity contribution in [3.8, 4) is 0 Å². The Kier molecular flexibility index (Phi) is 3.56. The van der Waals surface area contributed by atoms with E-state index in [1.54, 1.807) is 18.5 Å². The largest absolute Gasteiger partial charge is 0.289 e. The molecule has 0 amide bonds.